The van der Waals surface area contributed by atoms with Gasteiger partial charge in [-0.15, -0.1) is 0 Å². The summed E-state index contributed by atoms with van der Waals surface area (Å²) >= 11 is 0. The smallest absolute Gasteiger partial charge is 0.330 e. The maximum atomic E-state index is 13.6. The number of aryl methyl sites for hydroxylation is 6. The van der Waals surface area contributed by atoms with E-state index in [0.717, 1.165) is 34.5 Å². The van der Waals surface area contributed by atoms with E-state index in [-0.39, 0.29) is 18.8 Å². The van der Waals surface area contributed by atoms with Crippen molar-refractivity contribution in [2.45, 2.75) is 54.1 Å². The molecule has 1 aromatic heterocycles. The maximum absolute atomic E-state index is 13.6. The molecule has 0 radical (unpaired) electrons. The zero-order chi connectivity index (χ0) is 23.9. The SMILES string of the molecule is Cc1cc(C)c(/N=c2\cc3n(c(=O)n2CCNC(N)=O)CCc2cc(C)c(C)cc2-3)c(C)c1. The van der Waals surface area contributed by atoms with Crippen molar-refractivity contribution in [3.8, 4) is 11.3 Å². The largest absolute Gasteiger partial charge is 0.352 e. The summed E-state index contributed by atoms with van der Waals surface area (Å²) in [5, 5.41) is 2.58. The number of nitrogens with one attached hydrogen (secondary N) is 1. The molecule has 2 heterocycles. The van der Waals surface area contributed by atoms with Gasteiger partial charge in [-0.2, -0.15) is 0 Å². The number of aromatic nitrogens is 2. The molecular weight excluding hydrogens is 414 g/mol. The summed E-state index contributed by atoms with van der Waals surface area (Å²) in [6, 6.07) is 9.96. The standard InChI is InChI=1S/C26H31N5O2/c1-15-10-18(4)24(19(5)11-15)29-23-14-22-21-13-17(3)16(2)12-20(21)6-8-30(22)26(33)31(23)9-7-28-25(27)32/h10-14H,6-9H2,1-5H3,(H3,27,28,32)/b29-23+. The second kappa shape index (κ2) is 8.73. The molecule has 1 aliphatic rings. The summed E-state index contributed by atoms with van der Waals surface area (Å²) in [6.07, 6.45) is 0.801. The Labute approximate surface area is 193 Å². The Bertz CT molecular complexity index is 1370. The van der Waals surface area contributed by atoms with Crippen LogP contribution in [0.3, 0.4) is 0 Å². The average molecular weight is 446 g/mol. The van der Waals surface area contributed by atoms with E-state index in [4.69, 9.17) is 10.7 Å². The van der Waals surface area contributed by atoms with Gasteiger partial charge in [0.05, 0.1) is 11.4 Å². The minimum Gasteiger partial charge on any atom is -0.352 e. The molecule has 0 saturated carbocycles. The number of nitrogens with two attached hydrogens (primary N) is 1. The summed E-state index contributed by atoms with van der Waals surface area (Å²) in [6.45, 7) is 11.5. The van der Waals surface area contributed by atoms with Crippen LogP contribution in [0.15, 0.2) is 40.1 Å². The fourth-order valence-corrected chi connectivity index (χ4v) is 4.67. The van der Waals surface area contributed by atoms with E-state index < -0.39 is 6.03 Å². The normalized spacial score (nSPS) is 12.9. The molecule has 33 heavy (non-hydrogen) atoms. The number of fused-ring (bicyclic) bond motifs is 3. The first-order valence-electron chi connectivity index (χ1n) is 11.3. The summed E-state index contributed by atoms with van der Waals surface area (Å²) in [5.74, 6) is 0. The first kappa shape index (κ1) is 22.6. The fourth-order valence-electron chi connectivity index (χ4n) is 4.67. The monoisotopic (exact) mass is 445 g/mol. The van der Waals surface area contributed by atoms with Crippen LogP contribution >= 0.6 is 0 Å². The minimum atomic E-state index is -0.614. The van der Waals surface area contributed by atoms with Crippen LogP contribution in [-0.4, -0.2) is 21.7 Å². The third-order valence-corrected chi connectivity index (χ3v) is 6.39. The van der Waals surface area contributed by atoms with Gasteiger partial charge in [-0.3, -0.25) is 9.13 Å². The number of nitrogens with zero attached hydrogens (tertiary/aromatic N) is 3. The lowest BCUT2D eigenvalue weighted by Crippen LogP contribution is -2.44. The Morgan fingerprint density at radius 1 is 1.00 bits per heavy atom. The number of hydrogen-bond acceptors (Lipinski definition) is 3. The summed E-state index contributed by atoms with van der Waals surface area (Å²) in [7, 11) is 0. The lowest BCUT2D eigenvalue weighted by molar-refractivity contribution is 0.248. The van der Waals surface area contributed by atoms with Crippen molar-refractivity contribution in [2.75, 3.05) is 6.54 Å². The van der Waals surface area contributed by atoms with Crippen molar-refractivity contribution in [3.63, 3.8) is 0 Å². The van der Waals surface area contributed by atoms with E-state index in [2.05, 4.69) is 50.4 Å². The molecule has 0 spiro atoms. The van der Waals surface area contributed by atoms with Gasteiger partial charge in [-0.25, -0.2) is 14.6 Å². The predicted octanol–water partition coefficient (Wildman–Crippen LogP) is 3.32. The Balaban J connectivity index is 1.98. The molecule has 2 aromatic carbocycles. The van der Waals surface area contributed by atoms with E-state index in [1.807, 2.05) is 24.5 Å². The summed E-state index contributed by atoms with van der Waals surface area (Å²) in [4.78, 5) is 29.8. The Hall–Kier alpha value is -3.61. The molecule has 2 amide bonds. The molecule has 7 nitrogen and oxygen atoms in total. The van der Waals surface area contributed by atoms with Gasteiger partial charge >= 0.3 is 11.7 Å². The van der Waals surface area contributed by atoms with Gasteiger partial charge in [-0.1, -0.05) is 23.8 Å². The first-order chi connectivity index (χ1) is 15.7. The third-order valence-electron chi connectivity index (χ3n) is 6.39. The van der Waals surface area contributed by atoms with Crippen LogP contribution in [0.25, 0.3) is 11.3 Å². The number of carbonyl (C=O) groups is 1. The molecule has 0 unspecified atom stereocenters. The highest BCUT2D eigenvalue weighted by atomic mass is 16.2. The van der Waals surface area contributed by atoms with Crippen molar-refractivity contribution < 1.29 is 4.79 Å². The molecule has 0 aliphatic carbocycles. The first-order valence-corrected chi connectivity index (χ1v) is 11.3. The summed E-state index contributed by atoms with van der Waals surface area (Å²) < 4.78 is 3.44. The van der Waals surface area contributed by atoms with Gasteiger partial charge in [-0.05, 0) is 74.9 Å². The quantitative estimate of drug-likeness (QED) is 0.645. The molecule has 0 bridgehead atoms. The molecule has 1 aliphatic heterocycles. The zero-order valence-corrected chi connectivity index (χ0v) is 20.0. The molecule has 3 aromatic rings. The van der Waals surface area contributed by atoms with Gasteiger partial charge in [0.1, 0.15) is 5.49 Å². The Morgan fingerprint density at radius 3 is 2.33 bits per heavy atom. The highest BCUT2D eigenvalue weighted by Crippen LogP contribution is 2.30. The summed E-state index contributed by atoms with van der Waals surface area (Å²) in [5.41, 5.74) is 15.5. The number of urea groups is 1. The third kappa shape index (κ3) is 4.35. The van der Waals surface area contributed by atoms with E-state index >= 15 is 0 Å². The number of hydrogen-bond donors (Lipinski definition) is 2. The van der Waals surface area contributed by atoms with Crippen molar-refractivity contribution in [2.24, 2.45) is 10.7 Å². The lowest BCUT2D eigenvalue weighted by atomic mass is 9.93. The van der Waals surface area contributed by atoms with Gasteiger partial charge in [0.2, 0.25) is 0 Å². The van der Waals surface area contributed by atoms with E-state index in [1.54, 1.807) is 4.57 Å². The van der Waals surface area contributed by atoms with Crippen LogP contribution in [0, 0.1) is 34.6 Å². The second-order valence-electron chi connectivity index (χ2n) is 8.97. The molecule has 7 heteroatoms. The van der Waals surface area contributed by atoms with Gasteiger partial charge in [0.25, 0.3) is 0 Å². The molecule has 4 rings (SSSR count). The van der Waals surface area contributed by atoms with Crippen molar-refractivity contribution in [1.82, 2.24) is 14.5 Å². The maximum Gasteiger partial charge on any atom is 0.330 e. The van der Waals surface area contributed by atoms with E-state index in [0.29, 0.717) is 12.0 Å². The zero-order valence-electron chi connectivity index (χ0n) is 20.0. The minimum absolute atomic E-state index is 0.135. The average Bonchev–Trinajstić information content (AvgIpc) is 2.73. The number of carbonyl (C=O) groups excluding carboxylic acids is 1. The van der Waals surface area contributed by atoms with Gasteiger partial charge < -0.3 is 11.1 Å². The van der Waals surface area contributed by atoms with Gasteiger partial charge in [0.15, 0.2) is 0 Å². The number of primary amides is 1. The second-order valence-corrected chi connectivity index (χ2v) is 8.97. The Morgan fingerprint density at radius 2 is 1.67 bits per heavy atom. The number of benzene rings is 2. The van der Waals surface area contributed by atoms with Crippen LogP contribution in [0.2, 0.25) is 0 Å². The lowest BCUT2D eigenvalue weighted by Gasteiger charge is -2.24. The van der Waals surface area contributed by atoms with E-state index in [9.17, 15) is 9.59 Å². The molecule has 3 N–H and O–H groups in total. The molecule has 172 valence electrons. The topological polar surface area (TPSA) is 94.4 Å². The van der Waals surface area contributed by atoms with Crippen LogP contribution in [0.4, 0.5) is 10.5 Å². The van der Waals surface area contributed by atoms with Crippen molar-refractivity contribution in [3.05, 3.63) is 79.7 Å². The predicted molar refractivity (Wildman–Crippen MR) is 131 cm³/mol. The number of amides is 2. The molecule has 0 saturated heterocycles. The van der Waals surface area contributed by atoms with Crippen LogP contribution < -0.4 is 22.2 Å². The van der Waals surface area contributed by atoms with Crippen molar-refractivity contribution in [1.29, 1.82) is 0 Å². The fraction of sp³-hybridized carbons (Fsp3) is 0.346. The van der Waals surface area contributed by atoms with Crippen molar-refractivity contribution >= 4 is 11.7 Å². The number of rotatable bonds is 4. The molecule has 0 fully saturated rings. The highest BCUT2D eigenvalue weighted by molar-refractivity contribution is 5.71. The van der Waals surface area contributed by atoms with Gasteiger partial charge in [0, 0.05) is 31.3 Å². The van der Waals surface area contributed by atoms with Crippen LogP contribution in [0.5, 0.6) is 0 Å². The highest BCUT2D eigenvalue weighted by Gasteiger charge is 2.20. The van der Waals surface area contributed by atoms with Crippen LogP contribution in [0.1, 0.15) is 33.4 Å². The molecule has 0 atom stereocenters. The van der Waals surface area contributed by atoms with Crippen LogP contribution in [-0.2, 0) is 19.5 Å². The Kier molecular flexibility index (Phi) is 5.97. The van der Waals surface area contributed by atoms with E-state index in [1.165, 1.54) is 22.3 Å². The molecular formula is C26H31N5O2.